The zero-order valence-electron chi connectivity index (χ0n) is 8.20. The molecule has 86 valence electrons. The highest BCUT2D eigenvalue weighted by atomic mass is 35.5. The second kappa shape index (κ2) is 4.89. The van der Waals surface area contributed by atoms with Crippen LogP contribution in [0.5, 0.6) is 0 Å². The number of nitro groups is 1. The third kappa shape index (κ3) is 2.66. The van der Waals surface area contributed by atoms with Gasteiger partial charge in [0.25, 0.3) is 5.69 Å². The monoisotopic (exact) mass is 247 g/mol. The first-order valence-electron chi connectivity index (χ1n) is 4.15. The Morgan fingerprint density at radius 1 is 1.62 bits per heavy atom. The van der Waals surface area contributed by atoms with Gasteiger partial charge in [0.15, 0.2) is 5.02 Å². The summed E-state index contributed by atoms with van der Waals surface area (Å²) in [4.78, 5) is 20.6. The first kappa shape index (κ1) is 12.4. The van der Waals surface area contributed by atoms with E-state index in [2.05, 4.69) is 4.74 Å². The first-order valence-corrected chi connectivity index (χ1v) is 4.52. The third-order valence-corrected chi connectivity index (χ3v) is 2.22. The van der Waals surface area contributed by atoms with Gasteiger partial charge in [-0.25, -0.2) is 4.39 Å². The summed E-state index contributed by atoms with van der Waals surface area (Å²) in [6.45, 7) is 0. The van der Waals surface area contributed by atoms with Crippen molar-refractivity contribution >= 4 is 23.3 Å². The maximum atomic E-state index is 13.2. The number of carbonyl (C=O) groups is 1. The summed E-state index contributed by atoms with van der Waals surface area (Å²) in [5.41, 5.74) is -0.430. The lowest BCUT2D eigenvalue weighted by molar-refractivity contribution is -0.384. The van der Waals surface area contributed by atoms with E-state index < -0.39 is 27.4 Å². The molecule has 0 N–H and O–H groups in total. The van der Waals surface area contributed by atoms with Crippen molar-refractivity contribution in [3.8, 4) is 0 Å². The standard InChI is InChI=1S/C9H7ClFNO4/c1-16-8(13)4-5-2-6(11)9(10)7(3-5)12(14)15/h2-3H,4H2,1H3. The predicted molar refractivity (Wildman–Crippen MR) is 53.8 cm³/mol. The fraction of sp³-hybridized carbons (Fsp3) is 0.222. The number of methoxy groups -OCH3 is 1. The van der Waals surface area contributed by atoms with E-state index in [1.165, 1.54) is 7.11 Å². The normalized spacial score (nSPS) is 9.94. The van der Waals surface area contributed by atoms with Gasteiger partial charge in [0.05, 0.1) is 18.5 Å². The van der Waals surface area contributed by atoms with Gasteiger partial charge in [-0.2, -0.15) is 0 Å². The summed E-state index contributed by atoms with van der Waals surface area (Å²) in [6, 6.07) is 2.01. The second-order valence-electron chi connectivity index (χ2n) is 2.92. The first-order chi connectivity index (χ1) is 7.45. The molecule has 5 nitrogen and oxygen atoms in total. The number of ether oxygens (including phenoxy) is 1. The van der Waals surface area contributed by atoms with Crippen LogP contribution < -0.4 is 0 Å². The summed E-state index contributed by atoms with van der Waals surface area (Å²) in [6.07, 6.45) is -0.245. The predicted octanol–water partition coefficient (Wildman–Crippen LogP) is 2.10. The van der Waals surface area contributed by atoms with Crippen molar-refractivity contribution in [3.05, 3.63) is 38.7 Å². The van der Waals surface area contributed by atoms with E-state index in [-0.39, 0.29) is 12.0 Å². The molecule has 1 rings (SSSR count). The molecule has 0 saturated carbocycles. The molecule has 0 fully saturated rings. The lowest BCUT2D eigenvalue weighted by Crippen LogP contribution is -2.05. The number of hydrogen-bond donors (Lipinski definition) is 0. The molecule has 0 heterocycles. The van der Waals surface area contributed by atoms with E-state index in [4.69, 9.17) is 11.6 Å². The molecule has 0 bridgehead atoms. The smallest absolute Gasteiger partial charge is 0.309 e. The van der Waals surface area contributed by atoms with Crippen molar-refractivity contribution in [2.24, 2.45) is 0 Å². The number of nitro benzene ring substituents is 1. The molecule has 0 radical (unpaired) electrons. The Labute approximate surface area is 94.9 Å². The molecule has 0 aliphatic heterocycles. The Balaban J connectivity index is 3.14. The van der Waals surface area contributed by atoms with Gasteiger partial charge in [-0.3, -0.25) is 14.9 Å². The number of hydrogen-bond acceptors (Lipinski definition) is 4. The van der Waals surface area contributed by atoms with Gasteiger partial charge in [-0.1, -0.05) is 11.6 Å². The van der Waals surface area contributed by atoms with Crippen LogP contribution in [0.25, 0.3) is 0 Å². The number of carbonyl (C=O) groups excluding carboxylic acids is 1. The maximum Gasteiger partial charge on any atom is 0.309 e. The van der Waals surface area contributed by atoms with Crippen LogP contribution in [0.2, 0.25) is 5.02 Å². The van der Waals surface area contributed by atoms with E-state index in [1.807, 2.05) is 0 Å². The highest BCUT2D eigenvalue weighted by Gasteiger charge is 2.19. The Kier molecular flexibility index (Phi) is 3.78. The average molecular weight is 248 g/mol. The molecular weight excluding hydrogens is 241 g/mol. The molecule has 1 aromatic rings. The van der Waals surface area contributed by atoms with Crippen LogP contribution in [0.3, 0.4) is 0 Å². The van der Waals surface area contributed by atoms with Crippen molar-refractivity contribution in [3.63, 3.8) is 0 Å². The maximum absolute atomic E-state index is 13.2. The van der Waals surface area contributed by atoms with E-state index in [9.17, 15) is 19.3 Å². The van der Waals surface area contributed by atoms with Crippen molar-refractivity contribution in [1.29, 1.82) is 0 Å². The van der Waals surface area contributed by atoms with Crippen molar-refractivity contribution in [1.82, 2.24) is 0 Å². The van der Waals surface area contributed by atoms with E-state index in [0.717, 1.165) is 12.1 Å². The Hall–Kier alpha value is -1.69. The lowest BCUT2D eigenvalue weighted by atomic mass is 10.1. The highest BCUT2D eigenvalue weighted by Crippen LogP contribution is 2.28. The summed E-state index contributed by atoms with van der Waals surface area (Å²) in [7, 11) is 1.17. The fourth-order valence-electron chi connectivity index (χ4n) is 1.10. The van der Waals surface area contributed by atoms with Crippen LogP contribution in [-0.2, 0) is 16.0 Å². The van der Waals surface area contributed by atoms with Crippen LogP contribution in [-0.4, -0.2) is 18.0 Å². The van der Waals surface area contributed by atoms with Gasteiger partial charge in [-0.05, 0) is 11.6 Å². The molecular formula is C9H7ClFNO4. The molecule has 1 aromatic carbocycles. The van der Waals surface area contributed by atoms with Crippen molar-refractivity contribution in [2.45, 2.75) is 6.42 Å². The van der Waals surface area contributed by atoms with Gasteiger partial charge in [0.2, 0.25) is 0 Å². The fourth-order valence-corrected chi connectivity index (χ4v) is 1.28. The largest absolute Gasteiger partial charge is 0.469 e. The lowest BCUT2D eigenvalue weighted by Gasteiger charge is -2.02. The number of nitrogens with zero attached hydrogens (tertiary/aromatic N) is 1. The van der Waals surface area contributed by atoms with Crippen LogP contribution in [0.15, 0.2) is 12.1 Å². The number of halogens is 2. The van der Waals surface area contributed by atoms with E-state index in [1.54, 1.807) is 0 Å². The Morgan fingerprint density at radius 3 is 2.75 bits per heavy atom. The third-order valence-electron chi connectivity index (χ3n) is 1.84. The molecule has 16 heavy (non-hydrogen) atoms. The second-order valence-corrected chi connectivity index (χ2v) is 3.30. The van der Waals surface area contributed by atoms with Gasteiger partial charge in [-0.15, -0.1) is 0 Å². The molecule has 0 aliphatic rings. The molecule has 0 aromatic heterocycles. The number of esters is 1. The molecule has 7 heteroatoms. The minimum atomic E-state index is -0.935. The Bertz CT molecular complexity index is 449. The molecule has 0 aliphatic carbocycles. The molecule has 0 spiro atoms. The minimum Gasteiger partial charge on any atom is -0.469 e. The van der Waals surface area contributed by atoms with Crippen LogP contribution in [0, 0.1) is 15.9 Å². The van der Waals surface area contributed by atoms with Gasteiger partial charge < -0.3 is 4.74 Å². The van der Waals surface area contributed by atoms with E-state index >= 15 is 0 Å². The van der Waals surface area contributed by atoms with E-state index in [0.29, 0.717) is 0 Å². The van der Waals surface area contributed by atoms with Crippen LogP contribution >= 0.6 is 11.6 Å². The van der Waals surface area contributed by atoms with Gasteiger partial charge >= 0.3 is 5.97 Å². The Morgan fingerprint density at radius 2 is 2.25 bits per heavy atom. The number of benzene rings is 1. The van der Waals surface area contributed by atoms with Crippen LogP contribution in [0.4, 0.5) is 10.1 Å². The van der Waals surface area contributed by atoms with Crippen LogP contribution in [0.1, 0.15) is 5.56 Å². The molecule has 0 amide bonds. The quantitative estimate of drug-likeness (QED) is 0.466. The van der Waals surface area contributed by atoms with Gasteiger partial charge in [0.1, 0.15) is 5.82 Å². The summed E-state index contributed by atoms with van der Waals surface area (Å²) in [5.74, 6) is -1.55. The molecule has 0 unspecified atom stereocenters. The zero-order valence-corrected chi connectivity index (χ0v) is 8.95. The molecule has 0 saturated heterocycles. The summed E-state index contributed by atoms with van der Waals surface area (Å²) in [5, 5.41) is 9.95. The minimum absolute atomic E-state index is 0.139. The molecule has 0 atom stereocenters. The van der Waals surface area contributed by atoms with Crippen molar-refractivity contribution in [2.75, 3.05) is 7.11 Å². The summed E-state index contributed by atoms with van der Waals surface area (Å²) < 4.78 is 17.5. The van der Waals surface area contributed by atoms with Gasteiger partial charge in [0, 0.05) is 6.07 Å². The van der Waals surface area contributed by atoms with Crippen molar-refractivity contribution < 1.29 is 18.8 Å². The SMILES string of the molecule is COC(=O)Cc1cc(F)c(Cl)c([N+](=O)[O-])c1. The zero-order chi connectivity index (χ0) is 12.3. The highest BCUT2D eigenvalue weighted by molar-refractivity contribution is 6.32. The number of rotatable bonds is 3. The topological polar surface area (TPSA) is 69.4 Å². The average Bonchev–Trinajstić information content (AvgIpc) is 2.22. The summed E-state index contributed by atoms with van der Waals surface area (Å²) >= 11 is 5.40.